The molecule has 1 aromatic heterocycles. The molecule has 28 heavy (non-hydrogen) atoms. The van der Waals surface area contributed by atoms with Crippen LogP contribution in [0.25, 0.3) is 0 Å². The molecule has 3 aromatic rings. The summed E-state index contributed by atoms with van der Waals surface area (Å²) in [5, 5.41) is 6.05. The van der Waals surface area contributed by atoms with Gasteiger partial charge in [0.25, 0.3) is 5.91 Å². The van der Waals surface area contributed by atoms with Gasteiger partial charge in [-0.25, -0.2) is 9.97 Å². The van der Waals surface area contributed by atoms with E-state index in [2.05, 4.69) is 32.7 Å². The van der Waals surface area contributed by atoms with Crippen LogP contribution in [0.4, 0.5) is 5.95 Å². The molecule has 6 nitrogen and oxygen atoms in total. The molecule has 144 valence electrons. The lowest BCUT2D eigenvalue weighted by molar-refractivity contribution is 0.0945. The Morgan fingerprint density at radius 1 is 1.04 bits per heavy atom. The first-order chi connectivity index (χ1) is 13.8. The van der Waals surface area contributed by atoms with Crippen LogP contribution in [0.3, 0.4) is 0 Å². The highest BCUT2D eigenvalue weighted by atomic mass is 16.5. The number of benzene rings is 2. The third kappa shape index (κ3) is 5.54. The Bertz CT molecular complexity index is 900. The van der Waals surface area contributed by atoms with Crippen LogP contribution in [0.15, 0.2) is 66.9 Å². The van der Waals surface area contributed by atoms with Crippen molar-refractivity contribution >= 4 is 11.9 Å². The Morgan fingerprint density at radius 3 is 2.64 bits per heavy atom. The van der Waals surface area contributed by atoms with Gasteiger partial charge in [-0.3, -0.25) is 4.79 Å². The number of nitrogens with one attached hydrogen (secondary N) is 2. The largest absolute Gasteiger partial charge is 0.496 e. The monoisotopic (exact) mass is 376 g/mol. The van der Waals surface area contributed by atoms with Crippen molar-refractivity contribution < 1.29 is 9.53 Å². The molecule has 0 saturated heterocycles. The smallest absolute Gasteiger partial charge is 0.270 e. The van der Waals surface area contributed by atoms with E-state index in [0.29, 0.717) is 18.2 Å². The average molecular weight is 376 g/mol. The average Bonchev–Trinajstić information content (AvgIpc) is 2.76. The van der Waals surface area contributed by atoms with Gasteiger partial charge >= 0.3 is 0 Å². The molecule has 0 bridgehead atoms. The summed E-state index contributed by atoms with van der Waals surface area (Å²) in [7, 11) is 1.61. The Hall–Kier alpha value is -3.41. The van der Waals surface area contributed by atoms with E-state index in [9.17, 15) is 4.79 Å². The van der Waals surface area contributed by atoms with Crippen molar-refractivity contribution in [2.75, 3.05) is 19.0 Å². The van der Waals surface area contributed by atoms with E-state index in [1.54, 1.807) is 19.4 Å². The fraction of sp³-hybridized carbons (Fsp3) is 0.227. The molecule has 1 heterocycles. The third-order valence-electron chi connectivity index (χ3n) is 4.29. The molecule has 3 rings (SSSR count). The van der Waals surface area contributed by atoms with E-state index in [1.165, 1.54) is 5.56 Å². The second kappa shape index (κ2) is 10.1. The fourth-order valence-electron chi connectivity index (χ4n) is 2.82. The molecular formula is C22H24N4O2. The fourth-order valence-corrected chi connectivity index (χ4v) is 2.82. The van der Waals surface area contributed by atoms with Gasteiger partial charge in [0.05, 0.1) is 7.11 Å². The number of ether oxygens (including phenoxy) is 1. The van der Waals surface area contributed by atoms with Crippen LogP contribution in [0.2, 0.25) is 0 Å². The van der Waals surface area contributed by atoms with Crippen molar-refractivity contribution in [3.8, 4) is 5.75 Å². The predicted molar refractivity (Wildman–Crippen MR) is 109 cm³/mol. The van der Waals surface area contributed by atoms with Gasteiger partial charge in [-0.2, -0.15) is 0 Å². The zero-order valence-electron chi connectivity index (χ0n) is 15.9. The number of carbonyl (C=O) groups excluding carboxylic acids is 1. The standard InChI is InChI=1S/C22H24N4O2/c1-28-20-12-6-5-11-18(20)16-25-21(27)19-13-15-24-22(26-19)23-14-7-10-17-8-3-2-4-9-17/h2-6,8-9,11-13,15H,7,10,14,16H2,1H3,(H,25,27)(H,23,24,26). The first-order valence-corrected chi connectivity index (χ1v) is 9.27. The molecule has 0 unspecified atom stereocenters. The maximum absolute atomic E-state index is 12.4. The number of nitrogens with zero attached hydrogens (tertiary/aromatic N) is 2. The predicted octanol–water partition coefficient (Wildman–Crippen LogP) is 3.46. The van der Waals surface area contributed by atoms with E-state index in [4.69, 9.17) is 4.74 Å². The highest BCUT2D eigenvalue weighted by molar-refractivity contribution is 5.92. The maximum Gasteiger partial charge on any atom is 0.270 e. The van der Waals surface area contributed by atoms with Crippen LogP contribution in [-0.4, -0.2) is 29.5 Å². The Morgan fingerprint density at radius 2 is 1.82 bits per heavy atom. The second-order valence-electron chi connectivity index (χ2n) is 6.28. The minimum Gasteiger partial charge on any atom is -0.496 e. The van der Waals surface area contributed by atoms with Crippen LogP contribution < -0.4 is 15.4 Å². The van der Waals surface area contributed by atoms with E-state index >= 15 is 0 Å². The zero-order valence-corrected chi connectivity index (χ0v) is 15.9. The van der Waals surface area contributed by atoms with Gasteiger partial charge in [0.1, 0.15) is 11.4 Å². The van der Waals surface area contributed by atoms with Crippen molar-refractivity contribution in [3.05, 3.63) is 83.7 Å². The normalized spacial score (nSPS) is 10.3. The number of hydrogen-bond donors (Lipinski definition) is 2. The summed E-state index contributed by atoms with van der Waals surface area (Å²) >= 11 is 0. The van der Waals surface area contributed by atoms with Crippen molar-refractivity contribution in [2.24, 2.45) is 0 Å². The number of carbonyl (C=O) groups is 1. The number of amides is 1. The van der Waals surface area contributed by atoms with Gasteiger partial charge in [-0.05, 0) is 30.5 Å². The van der Waals surface area contributed by atoms with Crippen molar-refractivity contribution in [3.63, 3.8) is 0 Å². The summed E-state index contributed by atoms with van der Waals surface area (Å²) in [5.74, 6) is 0.949. The third-order valence-corrected chi connectivity index (χ3v) is 4.29. The molecule has 2 aromatic carbocycles. The first kappa shape index (κ1) is 19.4. The van der Waals surface area contributed by atoms with Gasteiger partial charge in [0.15, 0.2) is 0 Å². The molecule has 2 N–H and O–H groups in total. The van der Waals surface area contributed by atoms with E-state index in [-0.39, 0.29) is 5.91 Å². The van der Waals surface area contributed by atoms with E-state index in [0.717, 1.165) is 30.7 Å². The molecule has 0 aliphatic carbocycles. The van der Waals surface area contributed by atoms with E-state index < -0.39 is 0 Å². The van der Waals surface area contributed by atoms with Crippen LogP contribution in [0.1, 0.15) is 28.0 Å². The minimum atomic E-state index is -0.249. The molecule has 0 spiro atoms. The lowest BCUT2D eigenvalue weighted by Gasteiger charge is -2.10. The summed E-state index contributed by atoms with van der Waals surface area (Å²) in [6.45, 7) is 1.11. The van der Waals surface area contributed by atoms with Gasteiger partial charge in [-0.1, -0.05) is 48.5 Å². The lowest BCUT2D eigenvalue weighted by atomic mass is 10.1. The van der Waals surface area contributed by atoms with Gasteiger partial charge < -0.3 is 15.4 Å². The number of aryl methyl sites for hydroxylation is 1. The van der Waals surface area contributed by atoms with E-state index in [1.807, 2.05) is 42.5 Å². The molecule has 0 aliphatic rings. The first-order valence-electron chi connectivity index (χ1n) is 9.27. The Labute approximate surface area is 165 Å². The summed E-state index contributed by atoms with van der Waals surface area (Å²) < 4.78 is 5.30. The zero-order chi connectivity index (χ0) is 19.6. The minimum absolute atomic E-state index is 0.249. The summed E-state index contributed by atoms with van der Waals surface area (Å²) in [5.41, 5.74) is 2.54. The molecular weight excluding hydrogens is 352 g/mol. The lowest BCUT2D eigenvalue weighted by Crippen LogP contribution is -2.24. The molecule has 0 fully saturated rings. The number of aromatic nitrogens is 2. The highest BCUT2D eigenvalue weighted by Gasteiger charge is 2.10. The van der Waals surface area contributed by atoms with Gasteiger partial charge in [0, 0.05) is 24.8 Å². The summed E-state index contributed by atoms with van der Waals surface area (Å²) in [6, 6.07) is 19.5. The van der Waals surface area contributed by atoms with Crippen LogP contribution in [0.5, 0.6) is 5.75 Å². The number of rotatable bonds is 9. The number of para-hydroxylation sites is 1. The summed E-state index contributed by atoms with van der Waals surface area (Å²) in [6.07, 6.45) is 3.52. The second-order valence-corrected chi connectivity index (χ2v) is 6.28. The quantitative estimate of drug-likeness (QED) is 0.559. The Balaban J connectivity index is 1.50. The van der Waals surface area contributed by atoms with Crippen LogP contribution in [0, 0.1) is 0 Å². The number of hydrogen-bond acceptors (Lipinski definition) is 5. The maximum atomic E-state index is 12.4. The van der Waals surface area contributed by atoms with Crippen molar-refractivity contribution in [2.45, 2.75) is 19.4 Å². The van der Waals surface area contributed by atoms with Crippen LogP contribution >= 0.6 is 0 Å². The molecule has 0 aliphatic heterocycles. The molecule has 0 saturated carbocycles. The van der Waals surface area contributed by atoms with Gasteiger partial charge in [0.2, 0.25) is 5.95 Å². The summed E-state index contributed by atoms with van der Waals surface area (Å²) in [4.78, 5) is 20.9. The highest BCUT2D eigenvalue weighted by Crippen LogP contribution is 2.16. The number of anilines is 1. The number of methoxy groups -OCH3 is 1. The molecule has 0 atom stereocenters. The van der Waals surface area contributed by atoms with Crippen LogP contribution in [-0.2, 0) is 13.0 Å². The van der Waals surface area contributed by atoms with Crippen molar-refractivity contribution in [1.82, 2.24) is 15.3 Å². The van der Waals surface area contributed by atoms with Gasteiger partial charge in [-0.15, -0.1) is 0 Å². The van der Waals surface area contributed by atoms with Crippen molar-refractivity contribution in [1.29, 1.82) is 0 Å². The molecule has 0 radical (unpaired) electrons. The topological polar surface area (TPSA) is 76.1 Å². The Kier molecular flexibility index (Phi) is 6.95. The molecule has 6 heteroatoms. The SMILES string of the molecule is COc1ccccc1CNC(=O)c1ccnc(NCCCc2ccccc2)n1. The molecule has 1 amide bonds.